The van der Waals surface area contributed by atoms with E-state index in [0.29, 0.717) is 36.4 Å². The van der Waals surface area contributed by atoms with E-state index in [1.54, 1.807) is 7.11 Å². The van der Waals surface area contributed by atoms with Crippen molar-refractivity contribution in [3.63, 3.8) is 0 Å². The Bertz CT molecular complexity index is 614. The third-order valence-corrected chi connectivity index (χ3v) is 3.08. The van der Waals surface area contributed by atoms with E-state index in [1.165, 1.54) is 0 Å². The molecule has 0 radical (unpaired) electrons. The lowest BCUT2D eigenvalue weighted by Gasteiger charge is -2.13. The van der Waals surface area contributed by atoms with Gasteiger partial charge in [0.1, 0.15) is 17.3 Å². The highest BCUT2D eigenvalue weighted by Gasteiger charge is 2.11. The number of rotatable bonds is 7. The van der Waals surface area contributed by atoms with Gasteiger partial charge in [0.15, 0.2) is 5.82 Å². The maximum atomic E-state index is 6.07. The van der Waals surface area contributed by atoms with Crippen molar-refractivity contribution in [2.45, 2.75) is 26.8 Å². The zero-order valence-corrected chi connectivity index (χ0v) is 13.2. The summed E-state index contributed by atoms with van der Waals surface area (Å²) in [6.45, 7) is 5.04. The lowest BCUT2D eigenvalue weighted by molar-refractivity contribution is 0.306. The lowest BCUT2D eigenvalue weighted by atomic mass is 10.2. The van der Waals surface area contributed by atoms with Crippen LogP contribution in [0.1, 0.15) is 24.7 Å². The van der Waals surface area contributed by atoms with Gasteiger partial charge >= 0.3 is 0 Å². The second kappa shape index (κ2) is 7.49. The fourth-order valence-electron chi connectivity index (χ4n) is 1.93. The standard InChI is InChI=1S/C16H22N4O2/c1-4-9-22-16-14(17)15(19-11(2)20-16)18-10-12-5-7-13(21-3)8-6-12/h5-8H,4,9-10,17H2,1-3H3,(H,18,19,20). The maximum absolute atomic E-state index is 6.07. The summed E-state index contributed by atoms with van der Waals surface area (Å²) in [6, 6.07) is 7.82. The minimum atomic E-state index is 0.437. The minimum Gasteiger partial charge on any atom is -0.497 e. The van der Waals surface area contributed by atoms with Crippen molar-refractivity contribution in [2.75, 3.05) is 24.8 Å². The Labute approximate surface area is 130 Å². The molecule has 0 aliphatic carbocycles. The van der Waals surface area contributed by atoms with Gasteiger partial charge in [-0.2, -0.15) is 4.98 Å². The number of hydrogen-bond acceptors (Lipinski definition) is 6. The monoisotopic (exact) mass is 302 g/mol. The number of nitrogens with one attached hydrogen (secondary N) is 1. The van der Waals surface area contributed by atoms with Gasteiger partial charge in [-0.3, -0.25) is 0 Å². The molecule has 118 valence electrons. The molecule has 22 heavy (non-hydrogen) atoms. The van der Waals surface area contributed by atoms with Crippen LogP contribution < -0.4 is 20.5 Å². The highest BCUT2D eigenvalue weighted by molar-refractivity contribution is 5.67. The zero-order valence-electron chi connectivity index (χ0n) is 13.2. The van der Waals surface area contributed by atoms with E-state index in [4.69, 9.17) is 15.2 Å². The van der Waals surface area contributed by atoms with Crippen LogP contribution in [0.15, 0.2) is 24.3 Å². The highest BCUT2D eigenvalue weighted by atomic mass is 16.5. The molecule has 1 aromatic carbocycles. The molecule has 0 amide bonds. The molecule has 0 atom stereocenters. The van der Waals surface area contributed by atoms with Crippen LogP contribution >= 0.6 is 0 Å². The Morgan fingerprint density at radius 2 is 1.91 bits per heavy atom. The molecule has 6 heteroatoms. The number of ether oxygens (including phenoxy) is 2. The van der Waals surface area contributed by atoms with Gasteiger partial charge in [-0.25, -0.2) is 4.98 Å². The molecule has 0 saturated heterocycles. The number of nitrogens with zero attached hydrogens (tertiary/aromatic N) is 2. The van der Waals surface area contributed by atoms with Gasteiger partial charge in [0, 0.05) is 6.54 Å². The molecular weight excluding hydrogens is 280 g/mol. The molecule has 1 aromatic heterocycles. The number of hydrogen-bond donors (Lipinski definition) is 2. The van der Waals surface area contributed by atoms with Crippen molar-refractivity contribution in [3.05, 3.63) is 35.7 Å². The van der Waals surface area contributed by atoms with Gasteiger partial charge < -0.3 is 20.5 Å². The van der Waals surface area contributed by atoms with Crippen molar-refractivity contribution in [2.24, 2.45) is 0 Å². The first-order valence-corrected chi connectivity index (χ1v) is 7.27. The molecule has 0 saturated carbocycles. The van der Waals surface area contributed by atoms with E-state index in [1.807, 2.05) is 38.1 Å². The van der Waals surface area contributed by atoms with Crippen LogP contribution in [0.3, 0.4) is 0 Å². The summed E-state index contributed by atoms with van der Waals surface area (Å²) < 4.78 is 10.7. The van der Waals surface area contributed by atoms with Crippen LogP contribution in [0.5, 0.6) is 11.6 Å². The minimum absolute atomic E-state index is 0.437. The van der Waals surface area contributed by atoms with Crippen molar-refractivity contribution in [3.8, 4) is 11.6 Å². The van der Waals surface area contributed by atoms with E-state index < -0.39 is 0 Å². The first-order chi connectivity index (χ1) is 10.6. The molecule has 3 N–H and O–H groups in total. The van der Waals surface area contributed by atoms with Crippen molar-refractivity contribution in [1.82, 2.24) is 9.97 Å². The largest absolute Gasteiger partial charge is 0.497 e. The molecule has 2 rings (SSSR count). The second-order valence-electron chi connectivity index (χ2n) is 4.89. The quantitative estimate of drug-likeness (QED) is 0.818. The maximum Gasteiger partial charge on any atom is 0.242 e. The van der Waals surface area contributed by atoms with Gasteiger partial charge in [-0.1, -0.05) is 19.1 Å². The summed E-state index contributed by atoms with van der Waals surface area (Å²) >= 11 is 0. The Hall–Kier alpha value is -2.50. The number of nitrogen functional groups attached to an aromatic ring is 1. The van der Waals surface area contributed by atoms with E-state index in [9.17, 15) is 0 Å². The van der Waals surface area contributed by atoms with Crippen molar-refractivity contribution in [1.29, 1.82) is 0 Å². The normalized spacial score (nSPS) is 10.3. The molecule has 0 aliphatic heterocycles. The molecular formula is C16H22N4O2. The van der Waals surface area contributed by atoms with Crippen LogP contribution in [0.4, 0.5) is 11.5 Å². The average molecular weight is 302 g/mol. The molecule has 1 heterocycles. The SMILES string of the molecule is CCCOc1nc(C)nc(NCc2ccc(OC)cc2)c1N. The predicted octanol–water partition coefficient (Wildman–Crippen LogP) is 2.78. The lowest BCUT2D eigenvalue weighted by Crippen LogP contribution is -2.10. The average Bonchev–Trinajstić information content (AvgIpc) is 2.54. The summed E-state index contributed by atoms with van der Waals surface area (Å²) in [5.74, 6) is 2.48. The fraction of sp³-hybridized carbons (Fsp3) is 0.375. The van der Waals surface area contributed by atoms with Crippen LogP contribution in [0, 0.1) is 6.92 Å². The van der Waals surface area contributed by atoms with Crippen LogP contribution in [-0.2, 0) is 6.54 Å². The summed E-state index contributed by atoms with van der Waals surface area (Å²) in [4.78, 5) is 8.57. The Balaban J connectivity index is 2.09. The molecule has 0 bridgehead atoms. The van der Waals surface area contributed by atoms with Crippen LogP contribution in [-0.4, -0.2) is 23.7 Å². The van der Waals surface area contributed by atoms with Crippen LogP contribution in [0.2, 0.25) is 0 Å². The topological polar surface area (TPSA) is 82.3 Å². The van der Waals surface area contributed by atoms with E-state index in [0.717, 1.165) is 17.7 Å². The second-order valence-corrected chi connectivity index (χ2v) is 4.89. The van der Waals surface area contributed by atoms with Gasteiger partial charge in [0.2, 0.25) is 5.88 Å². The van der Waals surface area contributed by atoms with Crippen molar-refractivity contribution < 1.29 is 9.47 Å². The molecule has 0 fully saturated rings. The molecule has 6 nitrogen and oxygen atoms in total. The molecule has 0 spiro atoms. The Kier molecular flexibility index (Phi) is 5.41. The molecule has 0 aliphatic rings. The number of aryl methyl sites for hydroxylation is 1. The smallest absolute Gasteiger partial charge is 0.242 e. The van der Waals surface area contributed by atoms with Gasteiger partial charge in [0.05, 0.1) is 13.7 Å². The van der Waals surface area contributed by atoms with Gasteiger partial charge in [-0.15, -0.1) is 0 Å². The number of benzene rings is 1. The van der Waals surface area contributed by atoms with Gasteiger partial charge in [0.25, 0.3) is 0 Å². The summed E-state index contributed by atoms with van der Waals surface area (Å²) in [7, 11) is 1.65. The van der Waals surface area contributed by atoms with E-state index in [-0.39, 0.29) is 0 Å². The third kappa shape index (κ3) is 4.00. The highest BCUT2D eigenvalue weighted by Crippen LogP contribution is 2.26. The number of anilines is 2. The summed E-state index contributed by atoms with van der Waals surface area (Å²) in [5, 5.41) is 3.23. The fourth-order valence-corrected chi connectivity index (χ4v) is 1.93. The summed E-state index contributed by atoms with van der Waals surface area (Å²) in [5.41, 5.74) is 7.61. The summed E-state index contributed by atoms with van der Waals surface area (Å²) in [6.07, 6.45) is 0.900. The predicted molar refractivity (Wildman–Crippen MR) is 87.3 cm³/mol. The van der Waals surface area contributed by atoms with Crippen LogP contribution in [0.25, 0.3) is 0 Å². The van der Waals surface area contributed by atoms with Gasteiger partial charge in [-0.05, 0) is 31.0 Å². The van der Waals surface area contributed by atoms with E-state index in [2.05, 4.69) is 15.3 Å². The first-order valence-electron chi connectivity index (χ1n) is 7.27. The first kappa shape index (κ1) is 15.9. The van der Waals surface area contributed by atoms with Crippen molar-refractivity contribution >= 4 is 11.5 Å². The number of aromatic nitrogens is 2. The Morgan fingerprint density at radius 1 is 1.18 bits per heavy atom. The molecule has 0 unspecified atom stereocenters. The van der Waals surface area contributed by atoms with E-state index >= 15 is 0 Å². The third-order valence-electron chi connectivity index (χ3n) is 3.08. The number of methoxy groups -OCH3 is 1. The zero-order chi connectivity index (χ0) is 15.9. The number of nitrogens with two attached hydrogens (primary N) is 1. The Morgan fingerprint density at radius 3 is 2.55 bits per heavy atom. The molecule has 2 aromatic rings.